The van der Waals surface area contributed by atoms with Crippen molar-refractivity contribution < 1.29 is 0 Å². The fourth-order valence-electron chi connectivity index (χ4n) is 2.17. The lowest BCUT2D eigenvalue weighted by atomic mass is 10.2. The average molecular weight is 224 g/mol. The number of pyridine rings is 1. The van der Waals surface area contributed by atoms with Crippen LogP contribution in [-0.2, 0) is 0 Å². The van der Waals surface area contributed by atoms with E-state index in [0.717, 1.165) is 11.0 Å². The molecule has 1 aromatic carbocycles. The van der Waals surface area contributed by atoms with E-state index in [9.17, 15) is 0 Å². The number of hydrogen-bond acceptors (Lipinski definition) is 2. The van der Waals surface area contributed by atoms with Crippen LogP contribution in [0.3, 0.4) is 0 Å². The summed E-state index contributed by atoms with van der Waals surface area (Å²) in [7, 11) is 0. The third-order valence-electron chi connectivity index (χ3n) is 2.92. The van der Waals surface area contributed by atoms with Crippen LogP contribution in [0.25, 0.3) is 32.0 Å². The van der Waals surface area contributed by atoms with Gasteiger partial charge in [-0.2, -0.15) is 0 Å². The molecule has 3 heteroatoms. The second-order valence-corrected chi connectivity index (χ2v) is 4.83. The fourth-order valence-corrected chi connectivity index (χ4v) is 2.98. The Balaban J connectivity index is 2.32. The third kappa shape index (κ3) is 0.981. The normalized spacial score (nSPS) is 11.8. The van der Waals surface area contributed by atoms with E-state index < -0.39 is 0 Å². The molecule has 0 spiro atoms. The van der Waals surface area contributed by atoms with E-state index in [1.165, 1.54) is 21.0 Å². The summed E-state index contributed by atoms with van der Waals surface area (Å²) < 4.78 is 1.32. The maximum Gasteiger partial charge on any atom is 0.0957 e. The minimum absolute atomic E-state index is 1.06. The topological polar surface area (TPSA) is 28.7 Å². The van der Waals surface area contributed by atoms with Gasteiger partial charge in [-0.25, -0.2) is 0 Å². The van der Waals surface area contributed by atoms with Crippen molar-refractivity contribution in [3.05, 3.63) is 41.9 Å². The van der Waals surface area contributed by atoms with Gasteiger partial charge in [-0.3, -0.25) is 4.98 Å². The number of aromatic nitrogens is 2. The number of nitrogens with one attached hydrogen (secondary N) is 1. The van der Waals surface area contributed by atoms with Crippen molar-refractivity contribution in [1.29, 1.82) is 0 Å². The van der Waals surface area contributed by atoms with Gasteiger partial charge in [-0.05, 0) is 41.1 Å². The maximum atomic E-state index is 4.43. The third-order valence-corrected chi connectivity index (χ3v) is 3.80. The molecular formula is C13H8N2S. The Morgan fingerprint density at radius 1 is 1.12 bits per heavy atom. The summed E-state index contributed by atoms with van der Waals surface area (Å²) in [6.45, 7) is 0. The molecule has 4 aromatic rings. The zero-order chi connectivity index (χ0) is 10.5. The molecule has 0 fully saturated rings. The van der Waals surface area contributed by atoms with Crippen molar-refractivity contribution in [2.24, 2.45) is 0 Å². The quantitative estimate of drug-likeness (QED) is 0.481. The molecule has 0 aliphatic rings. The molecule has 3 heterocycles. The van der Waals surface area contributed by atoms with E-state index in [-0.39, 0.29) is 0 Å². The first-order valence-electron chi connectivity index (χ1n) is 5.15. The number of fused-ring (bicyclic) bond motifs is 4. The van der Waals surface area contributed by atoms with Crippen molar-refractivity contribution in [3.63, 3.8) is 0 Å². The number of aromatic amines is 1. The zero-order valence-electron chi connectivity index (χ0n) is 8.40. The number of benzene rings is 1. The molecule has 0 unspecified atom stereocenters. The van der Waals surface area contributed by atoms with Gasteiger partial charge in [-0.1, -0.05) is 0 Å². The van der Waals surface area contributed by atoms with Crippen LogP contribution in [0.2, 0.25) is 0 Å². The Labute approximate surface area is 95.5 Å². The largest absolute Gasteiger partial charge is 0.353 e. The first-order chi connectivity index (χ1) is 7.92. The van der Waals surface area contributed by atoms with E-state index >= 15 is 0 Å². The number of nitrogens with zero attached hydrogens (tertiary/aromatic N) is 1. The summed E-state index contributed by atoms with van der Waals surface area (Å²) in [5.74, 6) is 0. The summed E-state index contributed by atoms with van der Waals surface area (Å²) in [5.41, 5.74) is 3.34. The van der Waals surface area contributed by atoms with Crippen molar-refractivity contribution >= 4 is 43.4 Å². The second-order valence-electron chi connectivity index (χ2n) is 3.88. The molecule has 0 aliphatic carbocycles. The minimum Gasteiger partial charge on any atom is -0.353 e. The standard InChI is InChI=1S/C13H8N2S/c1-2-10-13(14-4-1)9-6-8-3-5-16-12(8)7-11(9)15-10/h1-7,15H. The van der Waals surface area contributed by atoms with Gasteiger partial charge in [0.2, 0.25) is 0 Å². The van der Waals surface area contributed by atoms with Crippen LogP contribution in [0.5, 0.6) is 0 Å². The van der Waals surface area contributed by atoms with Gasteiger partial charge in [0.1, 0.15) is 0 Å². The highest BCUT2D eigenvalue weighted by molar-refractivity contribution is 7.17. The molecule has 0 saturated heterocycles. The molecular weight excluding hydrogens is 216 g/mol. The van der Waals surface area contributed by atoms with E-state index in [0.29, 0.717) is 0 Å². The van der Waals surface area contributed by atoms with E-state index in [4.69, 9.17) is 0 Å². The van der Waals surface area contributed by atoms with Crippen LogP contribution < -0.4 is 0 Å². The minimum atomic E-state index is 1.06. The second kappa shape index (κ2) is 2.83. The predicted molar refractivity (Wildman–Crippen MR) is 69.0 cm³/mol. The van der Waals surface area contributed by atoms with Crippen molar-refractivity contribution in [2.75, 3.05) is 0 Å². The summed E-state index contributed by atoms with van der Waals surface area (Å²) in [6.07, 6.45) is 1.84. The van der Waals surface area contributed by atoms with Crippen LogP contribution in [-0.4, -0.2) is 9.97 Å². The number of rotatable bonds is 0. The number of H-pyrrole nitrogens is 1. The SMILES string of the molecule is c1cnc2c(c1)[nH]c1cc3sccc3cc12. The Kier molecular flexibility index (Phi) is 1.47. The Morgan fingerprint density at radius 2 is 2.12 bits per heavy atom. The average Bonchev–Trinajstić information content (AvgIpc) is 2.88. The van der Waals surface area contributed by atoms with Crippen LogP contribution in [0, 0.1) is 0 Å². The molecule has 16 heavy (non-hydrogen) atoms. The van der Waals surface area contributed by atoms with Crippen LogP contribution in [0.15, 0.2) is 41.9 Å². The number of thiophene rings is 1. The van der Waals surface area contributed by atoms with Gasteiger partial charge < -0.3 is 4.98 Å². The Bertz CT molecular complexity index is 810. The van der Waals surface area contributed by atoms with Gasteiger partial charge in [0.15, 0.2) is 0 Å². The molecule has 0 aliphatic heterocycles. The fraction of sp³-hybridized carbons (Fsp3) is 0. The highest BCUT2D eigenvalue weighted by Gasteiger charge is 2.06. The van der Waals surface area contributed by atoms with Crippen molar-refractivity contribution in [3.8, 4) is 0 Å². The molecule has 0 bridgehead atoms. The first-order valence-corrected chi connectivity index (χ1v) is 6.03. The van der Waals surface area contributed by atoms with E-state index in [1.807, 2.05) is 12.3 Å². The lowest BCUT2D eigenvalue weighted by Gasteiger charge is -1.91. The molecule has 76 valence electrons. The highest BCUT2D eigenvalue weighted by Crippen LogP contribution is 2.30. The highest BCUT2D eigenvalue weighted by atomic mass is 32.1. The lowest BCUT2D eigenvalue weighted by molar-refractivity contribution is 1.42. The van der Waals surface area contributed by atoms with E-state index in [1.54, 1.807) is 11.3 Å². The Morgan fingerprint density at radius 3 is 3.12 bits per heavy atom. The van der Waals surface area contributed by atoms with Gasteiger partial charge in [0.25, 0.3) is 0 Å². The van der Waals surface area contributed by atoms with E-state index in [2.05, 4.69) is 39.6 Å². The first kappa shape index (κ1) is 8.30. The lowest BCUT2D eigenvalue weighted by Crippen LogP contribution is -1.71. The molecule has 0 atom stereocenters. The van der Waals surface area contributed by atoms with Gasteiger partial charge >= 0.3 is 0 Å². The molecule has 0 amide bonds. The zero-order valence-corrected chi connectivity index (χ0v) is 9.21. The van der Waals surface area contributed by atoms with Gasteiger partial charge in [0, 0.05) is 21.8 Å². The summed E-state index contributed by atoms with van der Waals surface area (Å²) in [4.78, 5) is 7.84. The molecule has 4 rings (SSSR count). The van der Waals surface area contributed by atoms with Gasteiger partial charge in [0.05, 0.1) is 11.0 Å². The van der Waals surface area contributed by atoms with Gasteiger partial charge in [-0.15, -0.1) is 11.3 Å². The molecule has 0 saturated carbocycles. The summed E-state index contributed by atoms with van der Waals surface area (Å²) in [5, 5.41) is 4.63. The molecule has 1 N–H and O–H groups in total. The molecule has 3 aromatic heterocycles. The van der Waals surface area contributed by atoms with Crippen molar-refractivity contribution in [2.45, 2.75) is 0 Å². The smallest absolute Gasteiger partial charge is 0.0957 e. The summed E-state index contributed by atoms with van der Waals surface area (Å²) >= 11 is 1.77. The van der Waals surface area contributed by atoms with Crippen LogP contribution in [0.1, 0.15) is 0 Å². The molecule has 2 nitrogen and oxygen atoms in total. The van der Waals surface area contributed by atoms with Crippen LogP contribution >= 0.6 is 11.3 Å². The molecule has 0 radical (unpaired) electrons. The summed E-state index contributed by atoms with van der Waals surface area (Å²) in [6, 6.07) is 10.6. The van der Waals surface area contributed by atoms with Crippen molar-refractivity contribution in [1.82, 2.24) is 9.97 Å². The predicted octanol–water partition coefficient (Wildman–Crippen LogP) is 3.93. The Hall–Kier alpha value is -1.87. The monoisotopic (exact) mass is 224 g/mol. The number of hydrogen-bond donors (Lipinski definition) is 1. The maximum absolute atomic E-state index is 4.43. The van der Waals surface area contributed by atoms with Crippen LogP contribution in [0.4, 0.5) is 0 Å².